The molecular weight excluding hydrogens is 288 g/mol. The van der Waals surface area contributed by atoms with E-state index < -0.39 is 0 Å². The van der Waals surface area contributed by atoms with E-state index in [0.29, 0.717) is 5.92 Å². The zero-order valence-corrected chi connectivity index (χ0v) is 13.4. The number of nitrogens with zero attached hydrogens (tertiary/aromatic N) is 4. The average Bonchev–Trinajstić information content (AvgIpc) is 2.80. The lowest BCUT2D eigenvalue weighted by molar-refractivity contribution is 0.0581. The van der Waals surface area contributed by atoms with Crippen molar-refractivity contribution >= 4 is 0 Å². The molecule has 1 N–H and O–H groups in total. The molecule has 3 heterocycles. The van der Waals surface area contributed by atoms with Gasteiger partial charge in [-0.05, 0) is 42.9 Å². The number of aryl methyl sites for hydroxylation is 1. The Kier molecular flexibility index (Phi) is 4.14. The maximum atomic E-state index is 10.5. The first-order valence-corrected chi connectivity index (χ1v) is 8.65. The van der Waals surface area contributed by atoms with Crippen molar-refractivity contribution in [3.05, 3.63) is 47.5 Å². The van der Waals surface area contributed by atoms with Crippen LogP contribution in [0.15, 0.2) is 30.6 Å². The third-order valence-electron chi connectivity index (χ3n) is 5.14. The predicted molar refractivity (Wildman–Crippen MR) is 87.5 cm³/mol. The van der Waals surface area contributed by atoms with Crippen LogP contribution in [-0.4, -0.2) is 31.3 Å². The number of hydrogen-bond donors (Lipinski definition) is 1. The molecular formula is C18H24N4O. The molecule has 1 aliphatic heterocycles. The number of aliphatic hydroxyl groups excluding tert-OH is 1. The van der Waals surface area contributed by atoms with Crippen LogP contribution in [0.4, 0.5) is 0 Å². The van der Waals surface area contributed by atoms with E-state index in [1.807, 2.05) is 18.5 Å². The molecule has 0 radical (unpaired) electrons. The summed E-state index contributed by atoms with van der Waals surface area (Å²) in [5.41, 5.74) is 3.34. The van der Waals surface area contributed by atoms with Gasteiger partial charge in [0.25, 0.3) is 0 Å². The van der Waals surface area contributed by atoms with Crippen molar-refractivity contribution in [1.29, 1.82) is 0 Å². The minimum atomic E-state index is -0.380. The van der Waals surface area contributed by atoms with Crippen LogP contribution >= 0.6 is 0 Å². The van der Waals surface area contributed by atoms with Gasteiger partial charge in [-0.2, -0.15) is 5.10 Å². The van der Waals surface area contributed by atoms with E-state index in [-0.39, 0.29) is 6.10 Å². The Hall–Kier alpha value is -1.72. The number of pyridine rings is 1. The zero-order valence-electron chi connectivity index (χ0n) is 13.4. The van der Waals surface area contributed by atoms with Crippen molar-refractivity contribution in [3.63, 3.8) is 0 Å². The van der Waals surface area contributed by atoms with Crippen molar-refractivity contribution in [2.45, 2.75) is 51.4 Å². The van der Waals surface area contributed by atoms with Crippen molar-refractivity contribution in [2.24, 2.45) is 5.92 Å². The van der Waals surface area contributed by atoms with Crippen LogP contribution in [-0.2, 0) is 19.6 Å². The van der Waals surface area contributed by atoms with Crippen LogP contribution in [0, 0.1) is 5.92 Å². The maximum Gasteiger partial charge on any atom is 0.101 e. The number of aliphatic hydroxyl groups is 1. The van der Waals surface area contributed by atoms with Gasteiger partial charge in [0.2, 0.25) is 0 Å². The molecule has 4 rings (SSSR count). The van der Waals surface area contributed by atoms with Gasteiger partial charge in [0.05, 0.1) is 11.4 Å². The number of aromatic nitrogens is 3. The fraction of sp³-hybridized carbons (Fsp3) is 0.556. The fourth-order valence-corrected chi connectivity index (χ4v) is 3.58. The Bertz CT molecular complexity index is 650. The van der Waals surface area contributed by atoms with Gasteiger partial charge in [0.1, 0.15) is 6.10 Å². The van der Waals surface area contributed by atoms with Gasteiger partial charge in [0, 0.05) is 38.6 Å². The van der Waals surface area contributed by atoms with E-state index in [4.69, 9.17) is 0 Å². The van der Waals surface area contributed by atoms with E-state index >= 15 is 0 Å². The molecule has 0 unspecified atom stereocenters. The number of hydrogen-bond acceptors (Lipinski definition) is 4. The second-order valence-electron chi connectivity index (χ2n) is 6.84. The van der Waals surface area contributed by atoms with Crippen LogP contribution in [0.1, 0.15) is 48.7 Å². The SMILES string of the molecule is O[C@@H](c1cc2n(n1)CCCN(Cc1cccnc1)C2)C1CCC1. The topological polar surface area (TPSA) is 54.2 Å². The van der Waals surface area contributed by atoms with Crippen molar-refractivity contribution < 1.29 is 5.11 Å². The second kappa shape index (κ2) is 6.42. The Morgan fingerprint density at radius 2 is 2.17 bits per heavy atom. The molecule has 0 saturated heterocycles. The van der Waals surface area contributed by atoms with Gasteiger partial charge in [-0.15, -0.1) is 0 Å². The predicted octanol–water partition coefficient (Wildman–Crippen LogP) is 2.52. The molecule has 1 saturated carbocycles. The van der Waals surface area contributed by atoms with Gasteiger partial charge in [-0.25, -0.2) is 0 Å². The lowest BCUT2D eigenvalue weighted by Gasteiger charge is -2.29. The summed E-state index contributed by atoms with van der Waals surface area (Å²) in [6.07, 6.45) is 7.98. The van der Waals surface area contributed by atoms with E-state index in [9.17, 15) is 5.11 Å². The summed E-state index contributed by atoms with van der Waals surface area (Å²) in [4.78, 5) is 6.64. The molecule has 1 aliphatic carbocycles. The molecule has 5 heteroatoms. The van der Waals surface area contributed by atoms with Gasteiger partial charge < -0.3 is 5.11 Å². The first kappa shape index (κ1) is 14.8. The van der Waals surface area contributed by atoms with Crippen LogP contribution in [0.25, 0.3) is 0 Å². The standard InChI is InChI=1S/C18H24N4O/c23-18(15-5-1-6-15)17-10-16-13-21(8-3-9-22(16)20-17)12-14-4-2-7-19-11-14/h2,4,7,10-11,15,18,23H,1,3,5-6,8-9,12-13H2/t18-/m1/s1. The summed E-state index contributed by atoms with van der Waals surface area (Å²) >= 11 is 0. The molecule has 0 bridgehead atoms. The minimum Gasteiger partial charge on any atom is -0.386 e. The van der Waals surface area contributed by atoms with Crippen LogP contribution in [0.3, 0.4) is 0 Å². The fourth-order valence-electron chi connectivity index (χ4n) is 3.58. The number of rotatable bonds is 4. The molecule has 1 fully saturated rings. The van der Waals surface area contributed by atoms with Crippen molar-refractivity contribution in [3.8, 4) is 0 Å². The Balaban J connectivity index is 1.48. The Labute approximate surface area is 137 Å². The largest absolute Gasteiger partial charge is 0.386 e. The zero-order chi connectivity index (χ0) is 15.6. The molecule has 23 heavy (non-hydrogen) atoms. The van der Waals surface area contributed by atoms with Crippen molar-refractivity contribution in [1.82, 2.24) is 19.7 Å². The molecule has 0 amide bonds. The highest BCUT2D eigenvalue weighted by Gasteiger charge is 2.29. The van der Waals surface area contributed by atoms with Crippen LogP contribution in [0.2, 0.25) is 0 Å². The van der Waals surface area contributed by atoms with Crippen LogP contribution < -0.4 is 0 Å². The van der Waals surface area contributed by atoms with Gasteiger partial charge >= 0.3 is 0 Å². The Morgan fingerprint density at radius 1 is 1.26 bits per heavy atom. The summed E-state index contributed by atoms with van der Waals surface area (Å²) in [6.45, 7) is 3.81. The second-order valence-corrected chi connectivity index (χ2v) is 6.84. The summed E-state index contributed by atoms with van der Waals surface area (Å²) in [6, 6.07) is 6.23. The minimum absolute atomic E-state index is 0.380. The molecule has 2 aliphatic rings. The van der Waals surface area contributed by atoms with Crippen molar-refractivity contribution in [2.75, 3.05) is 6.54 Å². The molecule has 2 aromatic rings. The highest BCUT2D eigenvalue weighted by Crippen LogP contribution is 2.37. The quantitative estimate of drug-likeness (QED) is 0.942. The summed E-state index contributed by atoms with van der Waals surface area (Å²) in [5.74, 6) is 0.417. The number of fused-ring (bicyclic) bond motifs is 1. The molecule has 2 aromatic heterocycles. The Morgan fingerprint density at radius 3 is 2.91 bits per heavy atom. The summed E-state index contributed by atoms with van der Waals surface area (Å²) in [7, 11) is 0. The summed E-state index contributed by atoms with van der Waals surface area (Å²) in [5, 5.41) is 15.1. The third kappa shape index (κ3) is 3.16. The molecule has 122 valence electrons. The molecule has 1 atom stereocenters. The maximum absolute atomic E-state index is 10.5. The lowest BCUT2D eigenvalue weighted by Crippen LogP contribution is -2.23. The van der Waals surface area contributed by atoms with E-state index in [2.05, 4.69) is 31.8 Å². The normalized spacial score (nSPS) is 20.6. The smallest absolute Gasteiger partial charge is 0.101 e. The lowest BCUT2D eigenvalue weighted by atomic mass is 9.80. The monoisotopic (exact) mass is 312 g/mol. The highest BCUT2D eigenvalue weighted by molar-refractivity contribution is 5.16. The van der Waals surface area contributed by atoms with E-state index in [1.54, 1.807) is 0 Å². The first-order chi connectivity index (χ1) is 11.3. The molecule has 0 spiro atoms. The third-order valence-corrected chi connectivity index (χ3v) is 5.14. The molecule has 5 nitrogen and oxygen atoms in total. The van der Waals surface area contributed by atoms with E-state index in [0.717, 1.165) is 51.1 Å². The van der Waals surface area contributed by atoms with Crippen LogP contribution in [0.5, 0.6) is 0 Å². The van der Waals surface area contributed by atoms with E-state index in [1.165, 1.54) is 17.7 Å². The molecule has 0 aromatic carbocycles. The van der Waals surface area contributed by atoms with Gasteiger partial charge in [-0.3, -0.25) is 14.6 Å². The van der Waals surface area contributed by atoms with Gasteiger partial charge in [0.15, 0.2) is 0 Å². The summed E-state index contributed by atoms with van der Waals surface area (Å²) < 4.78 is 2.10. The highest BCUT2D eigenvalue weighted by atomic mass is 16.3. The van der Waals surface area contributed by atoms with Gasteiger partial charge in [-0.1, -0.05) is 12.5 Å². The average molecular weight is 312 g/mol. The first-order valence-electron chi connectivity index (χ1n) is 8.65.